The summed E-state index contributed by atoms with van der Waals surface area (Å²) in [6.07, 6.45) is 1.13. The second-order valence-corrected chi connectivity index (χ2v) is 8.07. The Kier molecular flexibility index (Phi) is 4.00. The molecule has 6 heteroatoms. The van der Waals surface area contributed by atoms with E-state index in [0.29, 0.717) is 23.2 Å². The minimum Gasteiger partial charge on any atom is -0.464 e. The van der Waals surface area contributed by atoms with Crippen molar-refractivity contribution in [2.75, 3.05) is 7.05 Å². The van der Waals surface area contributed by atoms with E-state index in [2.05, 4.69) is 6.92 Å². The summed E-state index contributed by atoms with van der Waals surface area (Å²) < 4.78 is 32.2. The van der Waals surface area contributed by atoms with Crippen molar-refractivity contribution in [3.63, 3.8) is 0 Å². The van der Waals surface area contributed by atoms with Gasteiger partial charge in [0.2, 0.25) is 10.0 Å². The number of hydrogen-bond donors (Lipinski definition) is 0. The van der Waals surface area contributed by atoms with Gasteiger partial charge in [-0.05, 0) is 42.7 Å². The maximum Gasteiger partial charge on any atom is 0.243 e. The van der Waals surface area contributed by atoms with E-state index in [9.17, 15) is 8.42 Å². The Morgan fingerprint density at radius 3 is 2.74 bits per heavy atom. The maximum atomic E-state index is 12.6. The van der Waals surface area contributed by atoms with Crippen LogP contribution in [0.5, 0.6) is 0 Å². The van der Waals surface area contributed by atoms with Gasteiger partial charge in [-0.15, -0.1) is 0 Å². The molecule has 120 valence electrons. The lowest BCUT2D eigenvalue weighted by Crippen LogP contribution is -2.26. The first-order chi connectivity index (χ1) is 10.9. The molecule has 1 aliphatic carbocycles. The molecule has 2 atom stereocenters. The van der Waals surface area contributed by atoms with E-state index in [1.54, 1.807) is 12.1 Å². The highest BCUT2D eigenvalue weighted by molar-refractivity contribution is 7.89. The molecule has 1 aromatic carbocycles. The van der Waals surface area contributed by atoms with E-state index in [-0.39, 0.29) is 11.4 Å². The van der Waals surface area contributed by atoms with Crippen LogP contribution < -0.4 is 0 Å². The molecule has 1 heterocycles. The highest BCUT2D eigenvalue weighted by atomic mass is 32.2. The van der Waals surface area contributed by atoms with Crippen molar-refractivity contribution < 1.29 is 12.8 Å². The van der Waals surface area contributed by atoms with Crippen molar-refractivity contribution in [2.24, 2.45) is 5.92 Å². The first-order valence-electron chi connectivity index (χ1n) is 7.47. The van der Waals surface area contributed by atoms with Crippen LogP contribution >= 0.6 is 0 Å². The molecule has 0 bridgehead atoms. The maximum absolute atomic E-state index is 12.6. The lowest BCUT2D eigenvalue weighted by Gasteiger charge is -2.16. The van der Waals surface area contributed by atoms with Crippen LogP contribution in [0.1, 0.15) is 36.3 Å². The number of nitrogens with zero attached hydrogens (tertiary/aromatic N) is 2. The molecule has 0 saturated heterocycles. The standard InChI is InChI=1S/C17H18N2O3S/c1-12-8-16(12)17-7-6-14(22-17)11-19(2)23(20,21)15-5-3-4-13(9-15)10-18/h3-7,9,12,16H,8,11H2,1-2H3/t12-,16+/m0/s1. The van der Waals surface area contributed by atoms with Gasteiger partial charge in [-0.3, -0.25) is 0 Å². The minimum atomic E-state index is -3.65. The highest BCUT2D eigenvalue weighted by Crippen LogP contribution is 2.47. The van der Waals surface area contributed by atoms with Crippen LogP contribution in [-0.2, 0) is 16.6 Å². The van der Waals surface area contributed by atoms with Crippen molar-refractivity contribution >= 4 is 10.0 Å². The summed E-state index contributed by atoms with van der Waals surface area (Å²) in [6, 6.07) is 11.7. The number of benzene rings is 1. The van der Waals surface area contributed by atoms with Crippen LogP contribution in [0.25, 0.3) is 0 Å². The molecule has 3 rings (SSSR count). The molecular formula is C17H18N2O3S. The third-order valence-corrected chi connectivity index (χ3v) is 6.01. The van der Waals surface area contributed by atoms with E-state index >= 15 is 0 Å². The van der Waals surface area contributed by atoms with E-state index in [0.717, 1.165) is 12.2 Å². The first kappa shape index (κ1) is 15.8. The predicted molar refractivity (Wildman–Crippen MR) is 85.0 cm³/mol. The number of furan rings is 1. The molecule has 1 aliphatic rings. The molecule has 5 nitrogen and oxygen atoms in total. The summed E-state index contributed by atoms with van der Waals surface area (Å²) in [5.41, 5.74) is 0.322. The first-order valence-corrected chi connectivity index (χ1v) is 8.91. The van der Waals surface area contributed by atoms with Gasteiger partial charge < -0.3 is 4.42 Å². The smallest absolute Gasteiger partial charge is 0.243 e. The molecule has 1 saturated carbocycles. The largest absolute Gasteiger partial charge is 0.464 e. The van der Waals surface area contributed by atoms with Crippen molar-refractivity contribution in [1.29, 1.82) is 5.26 Å². The number of sulfonamides is 1. The van der Waals surface area contributed by atoms with Crippen LogP contribution in [0.4, 0.5) is 0 Å². The molecule has 0 N–H and O–H groups in total. The third kappa shape index (κ3) is 3.16. The van der Waals surface area contributed by atoms with Gasteiger partial charge in [-0.2, -0.15) is 9.57 Å². The molecule has 1 fully saturated rings. The van der Waals surface area contributed by atoms with E-state index in [1.165, 1.54) is 23.5 Å². The molecule has 0 aliphatic heterocycles. The van der Waals surface area contributed by atoms with E-state index < -0.39 is 10.0 Å². The second-order valence-electron chi connectivity index (χ2n) is 6.02. The average Bonchev–Trinajstić information content (AvgIpc) is 3.09. The molecule has 0 radical (unpaired) electrons. The van der Waals surface area contributed by atoms with Gasteiger partial charge in [0.15, 0.2) is 0 Å². The summed E-state index contributed by atoms with van der Waals surface area (Å²) in [4.78, 5) is 0.113. The summed E-state index contributed by atoms with van der Waals surface area (Å²) >= 11 is 0. The Labute approximate surface area is 136 Å². The quantitative estimate of drug-likeness (QED) is 0.844. The fraction of sp³-hybridized carbons (Fsp3) is 0.353. The molecule has 23 heavy (non-hydrogen) atoms. The summed E-state index contributed by atoms with van der Waals surface area (Å²) in [7, 11) is -2.14. The highest BCUT2D eigenvalue weighted by Gasteiger charge is 2.36. The zero-order chi connectivity index (χ0) is 16.6. The van der Waals surface area contributed by atoms with Crippen LogP contribution in [0, 0.1) is 17.2 Å². The van der Waals surface area contributed by atoms with Crippen molar-refractivity contribution in [1.82, 2.24) is 4.31 Å². The van der Waals surface area contributed by atoms with Gasteiger partial charge in [0, 0.05) is 13.0 Å². The van der Waals surface area contributed by atoms with Crippen LogP contribution in [-0.4, -0.2) is 19.8 Å². The van der Waals surface area contributed by atoms with Gasteiger partial charge in [-0.25, -0.2) is 8.42 Å². The van der Waals surface area contributed by atoms with Crippen LogP contribution in [0.2, 0.25) is 0 Å². The fourth-order valence-corrected chi connectivity index (χ4v) is 3.79. The monoisotopic (exact) mass is 330 g/mol. The SMILES string of the molecule is C[C@H]1C[C@H]1c1ccc(CN(C)S(=O)(=O)c2cccc(C#N)c2)o1. The normalized spacial score (nSPS) is 20.4. The molecular weight excluding hydrogens is 312 g/mol. The number of hydrogen-bond acceptors (Lipinski definition) is 4. The zero-order valence-electron chi connectivity index (χ0n) is 13.1. The molecule has 1 aromatic heterocycles. The topological polar surface area (TPSA) is 74.3 Å². The molecule has 0 spiro atoms. The van der Waals surface area contributed by atoms with E-state index in [1.807, 2.05) is 18.2 Å². The van der Waals surface area contributed by atoms with Crippen molar-refractivity contribution in [3.8, 4) is 6.07 Å². The zero-order valence-corrected chi connectivity index (χ0v) is 13.9. The van der Waals surface area contributed by atoms with Gasteiger partial charge in [0.1, 0.15) is 11.5 Å². The average molecular weight is 330 g/mol. The van der Waals surface area contributed by atoms with Gasteiger partial charge >= 0.3 is 0 Å². The van der Waals surface area contributed by atoms with Gasteiger partial charge in [0.05, 0.1) is 23.1 Å². The predicted octanol–water partition coefficient (Wildman–Crippen LogP) is 3.10. The van der Waals surface area contributed by atoms with Gasteiger partial charge in [-0.1, -0.05) is 13.0 Å². The Bertz CT molecular complexity index is 864. The third-order valence-electron chi connectivity index (χ3n) is 4.21. The van der Waals surface area contributed by atoms with Crippen LogP contribution in [0.15, 0.2) is 45.7 Å². The van der Waals surface area contributed by atoms with E-state index in [4.69, 9.17) is 9.68 Å². The Morgan fingerprint density at radius 2 is 2.09 bits per heavy atom. The van der Waals surface area contributed by atoms with Crippen LogP contribution in [0.3, 0.4) is 0 Å². The second kappa shape index (κ2) is 5.84. The fourth-order valence-electron chi connectivity index (χ4n) is 2.61. The lowest BCUT2D eigenvalue weighted by atomic mass is 10.2. The summed E-state index contributed by atoms with van der Waals surface area (Å²) in [5.74, 6) is 2.67. The van der Waals surface area contributed by atoms with Crippen molar-refractivity contribution in [3.05, 3.63) is 53.5 Å². The Balaban J connectivity index is 1.77. The minimum absolute atomic E-state index is 0.113. The molecule has 0 unspecified atom stereocenters. The Morgan fingerprint density at radius 1 is 1.35 bits per heavy atom. The molecule has 0 amide bonds. The Hall–Kier alpha value is -2.10. The summed E-state index contributed by atoms with van der Waals surface area (Å²) in [5, 5.41) is 8.91. The molecule has 2 aromatic rings. The van der Waals surface area contributed by atoms with Crippen molar-refractivity contribution in [2.45, 2.75) is 30.7 Å². The lowest BCUT2D eigenvalue weighted by molar-refractivity contribution is 0.390. The number of nitriles is 1. The number of rotatable bonds is 5. The van der Waals surface area contributed by atoms with Gasteiger partial charge in [0.25, 0.3) is 0 Å². The summed E-state index contributed by atoms with van der Waals surface area (Å²) in [6.45, 7) is 2.34.